The molecule has 0 aliphatic rings. The summed E-state index contributed by atoms with van der Waals surface area (Å²) in [5, 5.41) is 0. The van der Waals surface area contributed by atoms with Crippen LogP contribution >= 0.6 is 38.9 Å². The Hall–Kier alpha value is -0.470. The molecule has 1 heterocycles. The van der Waals surface area contributed by atoms with Crippen molar-refractivity contribution in [2.24, 2.45) is 0 Å². The number of aromatic nitrogens is 1. The second kappa shape index (κ2) is 5.88. The Bertz CT molecular complexity index is 670. The summed E-state index contributed by atoms with van der Waals surface area (Å²) in [4.78, 5) is 3.73. The van der Waals surface area contributed by atoms with Crippen molar-refractivity contribution in [3.05, 3.63) is 45.0 Å². The van der Waals surface area contributed by atoms with Crippen molar-refractivity contribution in [1.82, 2.24) is 9.71 Å². The first-order chi connectivity index (χ1) is 8.88. The normalized spacial score (nSPS) is 13.4. The molecule has 102 valence electrons. The van der Waals surface area contributed by atoms with Crippen LogP contribution in [0.1, 0.15) is 18.5 Å². The molecule has 0 radical (unpaired) electrons. The number of benzene rings is 1. The van der Waals surface area contributed by atoms with Crippen LogP contribution in [0.3, 0.4) is 0 Å². The molecule has 4 nitrogen and oxygen atoms in total. The molecule has 0 aliphatic carbocycles. The van der Waals surface area contributed by atoms with Crippen LogP contribution in [0.2, 0.25) is 4.47 Å². The predicted molar refractivity (Wildman–Crippen MR) is 80.0 cm³/mol. The van der Waals surface area contributed by atoms with E-state index >= 15 is 0 Å². The molecule has 2 aromatic rings. The maximum atomic E-state index is 12.1. The van der Waals surface area contributed by atoms with Gasteiger partial charge in [-0.05, 0) is 24.6 Å². The Labute approximate surface area is 129 Å². The van der Waals surface area contributed by atoms with Crippen LogP contribution < -0.4 is 4.72 Å². The fourth-order valence-electron chi connectivity index (χ4n) is 1.47. The molecule has 1 aromatic carbocycles. The molecule has 1 aromatic heterocycles. The van der Waals surface area contributed by atoms with Crippen LogP contribution in [0, 0.1) is 0 Å². The topological polar surface area (TPSA) is 59.1 Å². The molecular weight excluding hydrogens is 372 g/mol. The van der Waals surface area contributed by atoms with Gasteiger partial charge in [0.25, 0.3) is 10.0 Å². The van der Waals surface area contributed by atoms with Gasteiger partial charge in [-0.1, -0.05) is 51.0 Å². The number of thiazole rings is 1. The van der Waals surface area contributed by atoms with E-state index in [1.54, 1.807) is 6.92 Å². The summed E-state index contributed by atoms with van der Waals surface area (Å²) in [5.41, 5.74) is 0.877. The predicted octanol–water partition coefficient (Wildman–Crippen LogP) is 3.60. The standard InChI is InChI=1S/C11H10BrClN2O2S2/c1-7(8-2-4-9(12)5-3-8)15-19(16,17)10-6-14-11(13)18-10/h2-7,15H,1H3. The Morgan fingerprint density at radius 2 is 2.00 bits per heavy atom. The lowest BCUT2D eigenvalue weighted by molar-refractivity contribution is 0.569. The van der Waals surface area contributed by atoms with Gasteiger partial charge in [-0.25, -0.2) is 18.1 Å². The van der Waals surface area contributed by atoms with Gasteiger partial charge in [-0.3, -0.25) is 0 Å². The molecule has 1 atom stereocenters. The van der Waals surface area contributed by atoms with Gasteiger partial charge in [0.2, 0.25) is 0 Å². The average Bonchev–Trinajstić information content (AvgIpc) is 2.77. The molecule has 0 saturated carbocycles. The van der Waals surface area contributed by atoms with Gasteiger partial charge in [-0.15, -0.1) is 0 Å². The van der Waals surface area contributed by atoms with E-state index in [1.807, 2.05) is 24.3 Å². The molecule has 0 amide bonds. The van der Waals surface area contributed by atoms with Crippen LogP contribution in [-0.2, 0) is 10.0 Å². The van der Waals surface area contributed by atoms with Crippen molar-refractivity contribution in [2.45, 2.75) is 17.2 Å². The SMILES string of the molecule is CC(NS(=O)(=O)c1cnc(Cl)s1)c1ccc(Br)cc1. The minimum Gasteiger partial charge on any atom is -0.232 e. The van der Waals surface area contributed by atoms with Crippen molar-refractivity contribution in [2.75, 3.05) is 0 Å². The summed E-state index contributed by atoms with van der Waals surface area (Å²) < 4.78 is 28.0. The number of halogens is 2. The Kier molecular flexibility index (Phi) is 4.62. The lowest BCUT2D eigenvalue weighted by Crippen LogP contribution is -2.26. The molecule has 0 fully saturated rings. The first-order valence-corrected chi connectivity index (χ1v) is 8.74. The summed E-state index contributed by atoms with van der Waals surface area (Å²) in [6.07, 6.45) is 1.25. The Morgan fingerprint density at radius 3 is 2.53 bits per heavy atom. The van der Waals surface area contributed by atoms with Gasteiger partial charge < -0.3 is 0 Å². The van der Waals surface area contributed by atoms with Gasteiger partial charge in [0.1, 0.15) is 0 Å². The fourth-order valence-corrected chi connectivity index (χ4v) is 4.28. The summed E-state index contributed by atoms with van der Waals surface area (Å²) >= 11 is 9.91. The third-order valence-electron chi connectivity index (χ3n) is 2.42. The number of rotatable bonds is 4. The van der Waals surface area contributed by atoms with E-state index in [1.165, 1.54) is 6.20 Å². The zero-order valence-electron chi connectivity index (χ0n) is 9.80. The summed E-state index contributed by atoms with van der Waals surface area (Å²) in [7, 11) is -3.59. The van der Waals surface area contributed by atoms with Crippen LogP contribution in [0.25, 0.3) is 0 Å². The minimum atomic E-state index is -3.59. The van der Waals surface area contributed by atoms with E-state index in [-0.39, 0.29) is 14.7 Å². The number of hydrogen-bond donors (Lipinski definition) is 1. The van der Waals surface area contributed by atoms with Crippen molar-refractivity contribution >= 4 is 48.9 Å². The molecule has 1 N–H and O–H groups in total. The van der Waals surface area contributed by atoms with Gasteiger partial charge >= 0.3 is 0 Å². The second-order valence-electron chi connectivity index (χ2n) is 3.83. The van der Waals surface area contributed by atoms with Crippen molar-refractivity contribution < 1.29 is 8.42 Å². The molecule has 1 unspecified atom stereocenters. The number of nitrogens with one attached hydrogen (secondary N) is 1. The largest absolute Gasteiger partial charge is 0.252 e. The lowest BCUT2D eigenvalue weighted by Gasteiger charge is -2.13. The van der Waals surface area contributed by atoms with Gasteiger partial charge in [0, 0.05) is 10.5 Å². The minimum absolute atomic E-state index is 0.112. The third kappa shape index (κ3) is 3.76. The second-order valence-corrected chi connectivity index (χ2v) is 8.30. The maximum Gasteiger partial charge on any atom is 0.252 e. The summed E-state index contributed by atoms with van der Waals surface area (Å²) in [5.74, 6) is 0. The first kappa shape index (κ1) is 14.9. The molecule has 0 bridgehead atoms. The third-order valence-corrected chi connectivity index (χ3v) is 6.07. The van der Waals surface area contributed by atoms with Crippen molar-refractivity contribution in [1.29, 1.82) is 0 Å². The van der Waals surface area contributed by atoms with Crippen LogP contribution in [0.4, 0.5) is 0 Å². The van der Waals surface area contributed by atoms with Crippen molar-refractivity contribution in [3.63, 3.8) is 0 Å². The highest BCUT2D eigenvalue weighted by Gasteiger charge is 2.20. The smallest absolute Gasteiger partial charge is 0.232 e. The van der Waals surface area contributed by atoms with E-state index in [0.29, 0.717) is 0 Å². The van der Waals surface area contributed by atoms with Crippen LogP contribution in [0.15, 0.2) is 39.1 Å². The Morgan fingerprint density at radius 1 is 1.37 bits per heavy atom. The maximum absolute atomic E-state index is 12.1. The molecule has 0 saturated heterocycles. The Balaban J connectivity index is 2.18. The summed E-state index contributed by atoms with van der Waals surface area (Å²) in [6, 6.07) is 7.11. The van der Waals surface area contributed by atoms with E-state index in [2.05, 4.69) is 25.6 Å². The highest BCUT2D eigenvalue weighted by molar-refractivity contribution is 9.10. The van der Waals surface area contributed by atoms with Gasteiger partial charge in [0.05, 0.1) is 6.20 Å². The van der Waals surface area contributed by atoms with Gasteiger partial charge in [-0.2, -0.15) is 0 Å². The lowest BCUT2D eigenvalue weighted by atomic mass is 10.1. The van der Waals surface area contributed by atoms with E-state index in [0.717, 1.165) is 21.4 Å². The average molecular weight is 382 g/mol. The molecular formula is C11H10BrClN2O2S2. The van der Waals surface area contributed by atoms with E-state index < -0.39 is 10.0 Å². The highest BCUT2D eigenvalue weighted by Crippen LogP contribution is 2.24. The summed E-state index contributed by atoms with van der Waals surface area (Å²) in [6.45, 7) is 1.78. The quantitative estimate of drug-likeness (QED) is 0.880. The fraction of sp³-hybridized carbons (Fsp3) is 0.182. The molecule has 0 aliphatic heterocycles. The number of nitrogens with zero attached hydrogens (tertiary/aromatic N) is 1. The highest BCUT2D eigenvalue weighted by atomic mass is 79.9. The zero-order chi connectivity index (χ0) is 14.0. The molecule has 8 heteroatoms. The zero-order valence-corrected chi connectivity index (χ0v) is 13.8. The first-order valence-electron chi connectivity index (χ1n) is 5.27. The van der Waals surface area contributed by atoms with E-state index in [9.17, 15) is 8.42 Å². The van der Waals surface area contributed by atoms with Gasteiger partial charge in [0.15, 0.2) is 8.68 Å². The number of sulfonamides is 1. The van der Waals surface area contributed by atoms with Crippen LogP contribution in [-0.4, -0.2) is 13.4 Å². The van der Waals surface area contributed by atoms with E-state index in [4.69, 9.17) is 11.6 Å². The monoisotopic (exact) mass is 380 g/mol. The van der Waals surface area contributed by atoms with Crippen LogP contribution in [0.5, 0.6) is 0 Å². The number of hydrogen-bond acceptors (Lipinski definition) is 4. The molecule has 19 heavy (non-hydrogen) atoms. The van der Waals surface area contributed by atoms with Crippen molar-refractivity contribution in [3.8, 4) is 0 Å². The molecule has 0 spiro atoms. The molecule has 2 rings (SSSR count).